The van der Waals surface area contributed by atoms with Gasteiger partial charge in [-0.05, 0) is 71.8 Å². The van der Waals surface area contributed by atoms with Gasteiger partial charge in [-0.3, -0.25) is 24.1 Å². The summed E-state index contributed by atoms with van der Waals surface area (Å²) in [4.78, 5) is 56.9. The summed E-state index contributed by atoms with van der Waals surface area (Å²) in [6, 6.07) is 24.1. The third-order valence-electron chi connectivity index (χ3n) is 7.65. The first kappa shape index (κ1) is 31.6. The molecule has 0 radical (unpaired) electrons. The second kappa shape index (κ2) is 13.9. The van der Waals surface area contributed by atoms with E-state index < -0.39 is 36.1 Å². The Morgan fingerprint density at radius 1 is 0.761 bits per heavy atom. The van der Waals surface area contributed by atoms with Crippen molar-refractivity contribution in [2.75, 3.05) is 45.2 Å². The molecule has 46 heavy (non-hydrogen) atoms. The minimum atomic E-state index is -1.21. The van der Waals surface area contributed by atoms with Gasteiger partial charge in [0.2, 0.25) is 5.91 Å². The number of carbonyl (C=O) groups excluding carboxylic acids is 4. The quantitative estimate of drug-likeness (QED) is 0.226. The van der Waals surface area contributed by atoms with E-state index in [0.717, 1.165) is 4.90 Å². The molecule has 1 aliphatic heterocycles. The summed E-state index contributed by atoms with van der Waals surface area (Å²) in [5.74, 6) is -0.589. The maximum absolute atomic E-state index is 14.4. The van der Waals surface area contributed by atoms with Crippen LogP contribution < -0.4 is 29.2 Å². The number of Topliss-reactive ketones (excluding diaryl/α,β-unsaturated/α-hetero) is 1. The molecule has 11 nitrogen and oxygen atoms in total. The molecule has 0 spiro atoms. The van der Waals surface area contributed by atoms with Gasteiger partial charge in [0.1, 0.15) is 24.1 Å². The predicted molar refractivity (Wildman–Crippen MR) is 171 cm³/mol. The first-order valence-corrected chi connectivity index (χ1v) is 14.3. The minimum absolute atomic E-state index is 0.0184. The summed E-state index contributed by atoms with van der Waals surface area (Å²) in [5, 5.41) is 2.91. The van der Waals surface area contributed by atoms with Crippen molar-refractivity contribution >= 4 is 34.9 Å². The lowest BCUT2D eigenvalue weighted by Crippen LogP contribution is -2.46. The highest BCUT2D eigenvalue weighted by Crippen LogP contribution is 2.35. The largest absolute Gasteiger partial charge is 0.497 e. The van der Waals surface area contributed by atoms with Gasteiger partial charge < -0.3 is 29.2 Å². The second-order valence-electron chi connectivity index (χ2n) is 10.3. The molecule has 0 aliphatic carbocycles. The standard InChI is InChI=1S/C35H33N3O8/c1-43-25-14-9-22(10-15-25)20-38(31(39)21-37-28-8-6-5-7-27(28)33(40)35(37)42)32(23-11-18-29(45-3)30(19-23)46-4)34(41)36-24-12-16-26(44-2)17-13-24/h5-19,32H,20-21H2,1-4H3,(H,36,41)/t32-/m0/s1. The van der Waals surface area contributed by atoms with Crippen molar-refractivity contribution in [2.24, 2.45) is 0 Å². The molecule has 4 aromatic rings. The molecule has 0 fully saturated rings. The van der Waals surface area contributed by atoms with E-state index in [9.17, 15) is 19.2 Å². The van der Waals surface area contributed by atoms with Crippen LogP contribution in [0, 0.1) is 0 Å². The van der Waals surface area contributed by atoms with Crippen molar-refractivity contribution in [3.8, 4) is 23.0 Å². The molecule has 0 aromatic heterocycles. The van der Waals surface area contributed by atoms with E-state index in [1.54, 1.807) is 105 Å². The lowest BCUT2D eigenvalue weighted by molar-refractivity contribution is -0.139. The average Bonchev–Trinajstić information content (AvgIpc) is 3.33. The van der Waals surface area contributed by atoms with E-state index in [1.165, 1.54) is 19.1 Å². The van der Waals surface area contributed by atoms with Gasteiger partial charge in [0.15, 0.2) is 11.5 Å². The first-order chi connectivity index (χ1) is 22.3. The normalized spacial score (nSPS) is 12.7. The number of methoxy groups -OCH3 is 4. The zero-order valence-corrected chi connectivity index (χ0v) is 25.8. The number of nitrogens with one attached hydrogen (secondary N) is 1. The van der Waals surface area contributed by atoms with Crippen LogP contribution in [0.2, 0.25) is 0 Å². The topological polar surface area (TPSA) is 124 Å². The number of amides is 3. The Morgan fingerprint density at radius 2 is 1.39 bits per heavy atom. The van der Waals surface area contributed by atoms with E-state index in [4.69, 9.17) is 18.9 Å². The maximum atomic E-state index is 14.4. The van der Waals surface area contributed by atoms with E-state index in [-0.39, 0.29) is 12.1 Å². The van der Waals surface area contributed by atoms with E-state index >= 15 is 0 Å². The lowest BCUT2D eigenvalue weighted by atomic mass is 10.0. The number of para-hydroxylation sites is 1. The molecular weight excluding hydrogens is 590 g/mol. The molecule has 5 rings (SSSR count). The average molecular weight is 624 g/mol. The Balaban J connectivity index is 1.59. The molecule has 0 unspecified atom stereocenters. The van der Waals surface area contributed by atoms with Crippen molar-refractivity contribution in [3.05, 3.63) is 108 Å². The fraction of sp³-hybridized carbons (Fsp3) is 0.200. The highest BCUT2D eigenvalue weighted by atomic mass is 16.5. The molecule has 4 aromatic carbocycles. The van der Waals surface area contributed by atoms with Crippen molar-refractivity contribution in [3.63, 3.8) is 0 Å². The zero-order valence-electron chi connectivity index (χ0n) is 25.8. The highest BCUT2D eigenvalue weighted by Gasteiger charge is 2.39. The molecular formula is C35H33N3O8. The minimum Gasteiger partial charge on any atom is -0.497 e. The summed E-state index contributed by atoms with van der Waals surface area (Å²) in [6.07, 6.45) is 0. The molecule has 1 atom stereocenters. The number of hydrogen-bond donors (Lipinski definition) is 1. The van der Waals surface area contributed by atoms with Crippen LogP contribution in [0.4, 0.5) is 11.4 Å². The van der Waals surface area contributed by atoms with Crippen LogP contribution >= 0.6 is 0 Å². The van der Waals surface area contributed by atoms with Gasteiger partial charge in [-0.15, -0.1) is 0 Å². The Hall–Kier alpha value is -5.84. The smallest absolute Gasteiger partial charge is 0.299 e. The molecule has 1 heterocycles. The highest BCUT2D eigenvalue weighted by molar-refractivity contribution is 6.52. The summed E-state index contributed by atoms with van der Waals surface area (Å²) in [5.41, 5.74) is 2.15. The number of hydrogen-bond acceptors (Lipinski definition) is 8. The molecule has 3 amide bonds. The summed E-state index contributed by atoms with van der Waals surface area (Å²) in [6.45, 7) is -0.493. The van der Waals surface area contributed by atoms with Crippen LogP contribution in [-0.4, -0.2) is 63.4 Å². The summed E-state index contributed by atoms with van der Waals surface area (Å²) >= 11 is 0. The van der Waals surface area contributed by atoms with Gasteiger partial charge in [0.05, 0.1) is 39.7 Å². The molecule has 11 heteroatoms. The number of carbonyl (C=O) groups is 4. The number of nitrogens with zero attached hydrogens (tertiary/aromatic N) is 2. The number of ketones is 1. The molecule has 0 bridgehead atoms. The number of ether oxygens (including phenoxy) is 4. The first-order valence-electron chi connectivity index (χ1n) is 14.3. The van der Waals surface area contributed by atoms with Crippen molar-refractivity contribution < 1.29 is 38.1 Å². The fourth-order valence-corrected chi connectivity index (χ4v) is 5.26. The van der Waals surface area contributed by atoms with Gasteiger partial charge >= 0.3 is 0 Å². The van der Waals surface area contributed by atoms with Gasteiger partial charge in [-0.2, -0.15) is 0 Å². The molecule has 0 saturated carbocycles. The summed E-state index contributed by atoms with van der Waals surface area (Å²) < 4.78 is 21.5. The Labute approximate surface area is 266 Å². The predicted octanol–water partition coefficient (Wildman–Crippen LogP) is 4.66. The van der Waals surface area contributed by atoms with Crippen molar-refractivity contribution in [1.82, 2.24) is 4.90 Å². The van der Waals surface area contributed by atoms with Crippen molar-refractivity contribution in [2.45, 2.75) is 12.6 Å². The van der Waals surface area contributed by atoms with Crippen LogP contribution in [0.15, 0.2) is 91.0 Å². The third-order valence-corrected chi connectivity index (χ3v) is 7.65. The number of benzene rings is 4. The van der Waals surface area contributed by atoms with E-state index in [1.807, 2.05) is 0 Å². The molecule has 236 valence electrons. The Bertz CT molecular complexity index is 1750. The molecule has 1 N–H and O–H groups in total. The lowest BCUT2D eigenvalue weighted by Gasteiger charge is -2.33. The third kappa shape index (κ3) is 6.48. The van der Waals surface area contributed by atoms with Gasteiger partial charge in [0.25, 0.3) is 17.6 Å². The van der Waals surface area contributed by atoms with Gasteiger partial charge in [-0.25, -0.2) is 0 Å². The molecule has 0 saturated heterocycles. The Morgan fingerprint density at radius 3 is 2.02 bits per heavy atom. The monoisotopic (exact) mass is 623 g/mol. The van der Waals surface area contributed by atoms with Gasteiger partial charge in [0, 0.05) is 12.2 Å². The number of anilines is 2. The van der Waals surface area contributed by atoms with Crippen molar-refractivity contribution in [1.29, 1.82) is 0 Å². The summed E-state index contributed by atoms with van der Waals surface area (Å²) in [7, 11) is 6.06. The number of fused-ring (bicyclic) bond motifs is 1. The zero-order chi connectivity index (χ0) is 32.8. The Kier molecular flexibility index (Phi) is 9.51. The SMILES string of the molecule is COc1ccc(CN(C(=O)CN2C(=O)C(=O)c3ccccc32)[C@H](C(=O)Nc2ccc(OC)cc2)c2ccc(OC)c(OC)c2)cc1. The van der Waals surface area contributed by atoms with Crippen LogP contribution in [-0.2, 0) is 20.9 Å². The fourth-order valence-electron chi connectivity index (χ4n) is 5.26. The van der Waals surface area contributed by atoms with Crippen LogP contribution in [0.1, 0.15) is 27.5 Å². The van der Waals surface area contributed by atoms with Gasteiger partial charge in [-0.1, -0.05) is 30.3 Å². The second-order valence-corrected chi connectivity index (χ2v) is 10.3. The van der Waals surface area contributed by atoms with E-state index in [0.29, 0.717) is 45.5 Å². The van der Waals surface area contributed by atoms with E-state index in [2.05, 4.69) is 5.32 Å². The maximum Gasteiger partial charge on any atom is 0.299 e. The number of rotatable bonds is 12. The van der Waals surface area contributed by atoms with Crippen LogP contribution in [0.5, 0.6) is 23.0 Å². The molecule has 1 aliphatic rings. The van der Waals surface area contributed by atoms with Crippen LogP contribution in [0.25, 0.3) is 0 Å². The van der Waals surface area contributed by atoms with Crippen LogP contribution in [0.3, 0.4) is 0 Å².